The van der Waals surface area contributed by atoms with Crippen LogP contribution in [-0.4, -0.2) is 17.5 Å². The number of hydrogen-bond donors (Lipinski definition) is 0. The molecule has 1 rings (SSSR count). The number of nitrogens with zero attached hydrogens (tertiary/aromatic N) is 1. The zero-order valence-corrected chi connectivity index (χ0v) is 5.93. The minimum atomic E-state index is 0.243. The maximum absolute atomic E-state index is 9.65. The zero-order valence-electron chi connectivity index (χ0n) is 5.11. The quantitative estimate of drug-likeness (QED) is 0.609. The molecule has 0 amide bonds. The highest BCUT2D eigenvalue weighted by Gasteiger charge is 1.90. The fourth-order valence-corrected chi connectivity index (χ4v) is 0.905. The highest BCUT2D eigenvalue weighted by molar-refractivity contribution is 7.07. The van der Waals surface area contributed by atoms with Gasteiger partial charge in [-0.05, 0) is 0 Å². The lowest BCUT2D eigenvalue weighted by Crippen LogP contribution is -1.92. The van der Waals surface area contributed by atoms with E-state index in [1.54, 1.807) is 16.8 Å². The minimum Gasteiger partial charge on any atom is -0.472 e. The molecule has 0 saturated carbocycles. The van der Waals surface area contributed by atoms with Crippen molar-refractivity contribution in [1.29, 1.82) is 0 Å². The smallest absolute Gasteiger partial charge is 0.224 e. The highest BCUT2D eigenvalue weighted by Crippen LogP contribution is 2.08. The summed E-state index contributed by atoms with van der Waals surface area (Å²) in [5.74, 6) is 2.16. The third kappa shape index (κ3) is 2.01. The van der Waals surface area contributed by atoms with E-state index in [2.05, 4.69) is 4.98 Å². The van der Waals surface area contributed by atoms with Gasteiger partial charge < -0.3 is 4.74 Å². The van der Waals surface area contributed by atoms with Crippen molar-refractivity contribution in [3.05, 3.63) is 17.0 Å². The summed E-state index contributed by atoms with van der Waals surface area (Å²) in [6, 6.07) is 0. The Labute approximate surface area is 62.0 Å². The van der Waals surface area contributed by atoms with Crippen molar-refractivity contribution in [3.8, 4) is 5.88 Å². The maximum Gasteiger partial charge on any atom is 0.224 e. The SMILES string of the molecule is O=C=CCOc1cscn1. The van der Waals surface area contributed by atoms with Gasteiger partial charge in [0.25, 0.3) is 0 Å². The Morgan fingerprint density at radius 1 is 1.90 bits per heavy atom. The molecule has 1 aromatic rings. The predicted molar refractivity (Wildman–Crippen MR) is 37.9 cm³/mol. The lowest BCUT2D eigenvalue weighted by atomic mass is 10.7. The van der Waals surface area contributed by atoms with E-state index in [9.17, 15) is 4.79 Å². The van der Waals surface area contributed by atoms with Gasteiger partial charge in [-0.25, -0.2) is 9.78 Å². The number of thiazole rings is 1. The molecule has 0 spiro atoms. The Bertz CT molecular complexity index is 226. The second-order valence-corrected chi connectivity index (χ2v) is 2.18. The summed E-state index contributed by atoms with van der Waals surface area (Å²) in [6.45, 7) is 0.243. The third-order valence-corrected chi connectivity index (χ3v) is 1.37. The highest BCUT2D eigenvalue weighted by atomic mass is 32.1. The summed E-state index contributed by atoms with van der Waals surface area (Å²) in [5.41, 5.74) is 1.67. The zero-order chi connectivity index (χ0) is 7.23. The first-order chi connectivity index (χ1) is 4.93. The molecule has 3 nitrogen and oxygen atoms in total. The second-order valence-electron chi connectivity index (χ2n) is 1.46. The van der Waals surface area contributed by atoms with E-state index < -0.39 is 0 Å². The second kappa shape index (κ2) is 3.82. The normalized spacial score (nSPS) is 8.40. The van der Waals surface area contributed by atoms with Gasteiger partial charge in [0.05, 0.1) is 10.9 Å². The first kappa shape index (κ1) is 6.99. The van der Waals surface area contributed by atoms with E-state index in [4.69, 9.17) is 4.74 Å². The van der Waals surface area contributed by atoms with E-state index in [0.29, 0.717) is 5.88 Å². The van der Waals surface area contributed by atoms with Crippen molar-refractivity contribution < 1.29 is 9.53 Å². The molecule has 1 heterocycles. The van der Waals surface area contributed by atoms with Crippen LogP contribution in [0.3, 0.4) is 0 Å². The van der Waals surface area contributed by atoms with E-state index in [-0.39, 0.29) is 6.61 Å². The molecular weight excluding hydrogens is 150 g/mol. The number of aromatic nitrogens is 1. The van der Waals surface area contributed by atoms with Crippen LogP contribution in [0.4, 0.5) is 0 Å². The summed E-state index contributed by atoms with van der Waals surface area (Å²) >= 11 is 1.45. The van der Waals surface area contributed by atoms with E-state index in [1.165, 1.54) is 17.4 Å². The van der Waals surface area contributed by atoms with Crippen LogP contribution < -0.4 is 4.74 Å². The average molecular weight is 155 g/mol. The molecule has 0 aliphatic heterocycles. The largest absolute Gasteiger partial charge is 0.472 e. The van der Waals surface area contributed by atoms with Gasteiger partial charge in [0.1, 0.15) is 12.5 Å². The molecule has 0 aliphatic carbocycles. The molecule has 4 heteroatoms. The van der Waals surface area contributed by atoms with Gasteiger partial charge in [-0.15, -0.1) is 11.3 Å². The number of hydrogen-bond acceptors (Lipinski definition) is 4. The molecule has 0 bridgehead atoms. The first-order valence-corrected chi connectivity index (χ1v) is 3.58. The Hall–Kier alpha value is -1.12. The van der Waals surface area contributed by atoms with Gasteiger partial charge in [0.2, 0.25) is 5.88 Å². The first-order valence-electron chi connectivity index (χ1n) is 2.64. The van der Waals surface area contributed by atoms with Crippen molar-refractivity contribution in [2.45, 2.75) is 0 Å². The lowest BCUT2D eigenvalue weighted by Gasteiger charge is -1.92. The van der Waals surface area contributed by atoms with Crippen molar-refractivity contribution in [2.24, 2.45) is 0 Å². The topological polar surface area (TPSA) is 39.2 Å². The van der Waals surface area contributed by atoms with Crippen molar-refractivity contribution in [1.82, 2.24) is 4.98 Å². The van der Waals surface area contributed by atoms with Gasteiger partial charge in [-0.1, -0.05) is 0 Å². The summed E-state index contributed by atoms with van der Waals surface area (Å²) < 4.78 is 4.97. The van der Waals surface area contributed by atoms with Crippen LogP contribution in [0.2, 0.25) is 0 Å². The fraction of sp³-hybridized carbons (Fsp3) is 0.167. The summed E-state index contributed by atoms with van der Waals surface area (Å²) in [7, 11) is 0. The molecule has 0 N–H and O–H groups in total. The third-order valence-electron chi connectivity index (χ3n) is 0.808. The van der Waals surface area contributed by atoms with Gasteiger partial charge in [-0.3, -0.25) is 0 Å². The average Bonchev–Trinajstić information content (AvgIpc) is 2.41. The number of rotatable bonds is 3. The van der Waals surface area contributed by atoms with Gasteiger partial charge in [-0.2, -0.15) is 0 Å². The van der Waals surface area contributed by atoms with E-state index in [1.807, 2.05) is 0 Å². The molecule has 0 unspecified atom stereocenters. The molecule has 0 fully saturated rings. The van der Waals surface area contributed by atoms with Gasteiger partial charge in [0.15, 0.2) is 0 Å². The van der Waals surface area contributed by atoms with E-state index in [0.717, 1.165) is 0 Å². The van der Waals surface area contributed by atoms with Crippen LogP contribution in [0.25, 0.3) is 0 Å². The Kier molecular flexibility index (Phi) is 2.67. The van der Waals surface area contributed by atoms with Gasteiger partial charge >= 0.3 is 0 Å². The molecular formula is C6H5NO2S. The maximum atomic E-state index is 9.65. The summed E-state index contributed by atoms with van der Waals surface area (Å²) in [6.07, 6.45) is 1.26. The molecule has 1 aromatic heterocycles. The van der Waals surface area contributed by atoms with Crippen molar-refractivity contribution in [3.63, 3.8) is 0 Å². The molecule has 0 aliphatic rings. The summed E-state index contributed by atoms with van der Waals surface area (Å²) in [4.78, 5) is 13.5. The van der Waals surface area contributed by atoms with E-state index >= 15 is 0 Å². The van der Waals surface area contributed by atoms with Crippen LogP contribution in [0, 0.1) is 0 Å². The summed E-state index contributed by atoms with van der Waals surface area (Å²) in [5, 5.41) is 1.76. The molecule has 52 valence electrons. The number of carbonyl (C=O) groups excluding carboxylic acids is 1. The van der Waals surface area contributed by atoms with Crippen LogP contribution in [0.1, 0.15) is 0 Å². The molecule has 0 aromatic carbocycles. The van der Waals surface area contributed by atoms with Crippen LogP contribution >= 0.6 is 11.3 Å². The Balaban J connectivity index is 2.34. The Morgan fingerprint density at radius 2 is 2.80 bits per heavy atom. The van der Waals surface area contributed by atoms with Crippen molar-refractivity contribution >= 4 is 17.3 Å². The molecule has 10 heavy (non-hydrogen) atoms. The molecule has 0 saturated heterocycles. The Morgan fingerprint density at radius 3 is 3.40 bits per heavy atom. The van der Waals surface area contributed by atoms with Crippen LogP contribution in [-0.2, 0) is 4.79 Å². The monoisotopic (exact) mass is 155 g/mol. The molecule has 0 radical (unpaired) electrons. The molecule has 0 atom stereocenters. The van der Waals surface area contributed by atoms with Crippen molar-refractivity contribution in [2.75, 3.05) is 6.61 Å². The van der Waals surface area contributed by atoms with Gasteiger partial charge in [0, 0.05) is 6.08 Å². The standard InChI is InChI=1S/C6H5NO2S/c8-2-1-3-9-6-4-10-5-7-6/h1,4-5H,3H2. The lowest BCUT2D eigenvalue weighted by molar-refractivity contribution is 0.351. The number of ether oxygens (including phenoxy) is 1. The van der Waals surface area contributed by atoms with Crippen LogP contribution in [0.5, 0.6) is 5.88 Å². The fourth-order valence-electron chi connectivity index (χ4n) is 0.434. The minimum absolute atomic E-state index is 0.243. The predicted octanol–water partition coefficient (Wildman–Crippen LogP) is 0.910. The van der Waals surface area contributed by atoms with Crippen LogP contribution in [0.15, 0.2) is 17.0 Å².